The van der Waals surface area contributed by atoms with E-state index < -0.39 is 6.10 Å². The van der Waals surface area contributed by atoms with Gasteiger partial charge in [-0.25, -0.2) is 0 Å². The molecule has 1 saturated carbocycles. The number of phenols is 1. The van der Waals surface area contributed by atoms with Crippen molar-refractivity contribution in [3.8, 4) is 11.5 Å². The number of ether oxygens (including phenoxy) is 2. The second kappa shape index (κ2) is 10.9. The van der Waals surface area contributed by atoms with E-state index in [0.717, 1.165) is 56.1 Å². The smallest absolute Gasteiger partial charge is 0.302 e. The molecule has 3 rings (SSSR count). The number of hydrogen-bond donors (Lipinski definition) is 2. The van der Waals surface area contributed by atoms with E-state index in [1.165, 1.54) is 6.92 Å². The Balaban J connectivity index is 1.68. The van der Waals surface area contributed by atoms with Crippen LogP contribution in [0.15, 0.2) is 18.2 Å². The van der Waals surface area contributed by atoms with E-state index in [4.69, 9.17) is 9.47 Å². The zero-order valence-electron chi connectivity index (χ0n) is 18.3. The minimum Gasteiger partial charge on any atom is -0.504 e. The summed E-state index contributed by atoms with van der Waals surface area (Å²) in [6.45, 7) is 3.55. The molecular formula is C25H36O5. The number of aliphatic hydroxyl groups is 1. The first-order valence-corrected chi connectivity index (χ1v) is 11.5. The fourth-order valence-corrected chi connectivity index (χ4v) is 4.67. The van der Waals surface area contributed by atoms with Gasteiger partial charge in [0.05, 0.1) is 6.10 Å². The number of phenolic OH excluding ortho intramolecular Hbond substituents is 1. The summed E-state index contributed by atoms with van der Waals surface area (Å²) in [7, 11) is 0. The number of aromatic hydroxyl groups is 1. The summed E-state index contributed by atoms with van der Waals surface area (Å²) in [6.07, 6.45) is 12.7. The van der Waals surface area contributed by atoms with Crippen molar-refractivity contribution in [2.75, 3.05) is 0 Å². The summed E-state index contributed by atoms with van der Waals surface area (Å²) in [5.74, 6) is 0.827. The number of benzene rings is 1. The minimum atomic E-state index is -0.458. The van der Waals surface area contributed by atoms with Crippen LogP contribution in [-0.2, 0) is 16.0 Å². The topological polar surface area (TPSA) is 76.0 Å². The second-order valence-corrected chi connectivity index (χ2v) is 8.75. The molecule has 0 radical (unpaired) electrons. The molecule has 0 unspecified atom stereocenters. The van der Waals surface area contributed by atoms with Crippen LogP contribution in [0.4, 0.5) is 0 Å². The lowest BCUT2D eigenvalue weighted by Gasteiger charge is -2.22. The van der Waals surface area contributed by atoms with Crippen molar-refractivity contribution in [3.05, 3.63) is 29.3 Å². The van der Waals surface area contributed by atoms with Gasteiger partial charge in [0, 0.05) is 24.8 Å². The molecular weight excluding hydrogens is 380 g/mol. The fraction of sp³-hybridized carbons (Fsp3) is 0.640. The highest BCUT2D eigenvalue weighted by molar-refractivity contribution is 5.67. The Kier molecular flexibility index (Phi) is 8.20. The van der Waals surface area contributed by atoms with Crippen molar-refractivity contribution in [2.24, 2.45) is 5.92 Å². The van der Waals surface area contributed by atoms with Crippen LogP contribution in [0.3, 0.4) is 0 Å². The van der Waals surface area contributed by atoms with E-state index in [1.807, 2.05) is 6.07 Å². The van der Waals surface area contributed by atoms with Gasteiger partial charge in [0.1, 0.15) is 12.2 Å². The van der Waals surface area contributed by atoms with Crippen molar-refractivity contribution in [1.29, 1.82) is 0 Å². The molecule has 1 aromatic carbocycles. The molecule has 2 N–H and O–H groups in total. The lowest BCUT2D eigenvalue weighted by Crippen LogP contribution is -2.24. The minimum absolute atomic E-state index is 0.135. The van der Waals surface area contributed by atoms with Crippen molar-refractivity contribution < 1.29 is 24.5 Å². The van der Waals surface area contributed by atoms with E-state index in [0.29, 0.717) is 30.9 Å². The third-order valence-corrected chi connectivity index (χ3v) is 6.29. The summed E-state index contributed by atoms with van der Waals surface area (Å²) in [5, 5.41) is 20.7. The molecule has 4 atom stereocenters. The maximum atomic E-state index is 11.6. The van der Waals surface area contributed by atoms with E-state index in [-0.39, 0.29) is 23.9 Å². The lowest BCUT2D eigenvalue weighted by atomic mass is 9.96. The highest BCUT2D eigenvalue weighted by Crippen LogP contribution is 2.42. The van der Waals surface area contributed by atoms with Crippen molar-refractivity contribution in [2.45, 2.75) is 96.4 Å². The van der Waals surface area contributed by atoms with Crippen LogP contribution in [0.5, 0.6) is 11.5 Å². The first-order valence-electron chi connectivity index (χ1n) is 11.5. The van der Waals surface area contributed by atoms with Crippen molar-refractivity contribution in [1.82, 2.24) is 0 Å². The molecule has 30 heavy (non-hydrogen) atoms. The Hall–Kier alpha value is -2.01. The summed E-state index contributed by atoms with van der Waals surface area (Å²) in [5.41, 5.74) is 1.99. The Morgan fingerprint density at radius 2 is 2.10 bits per heavy atom. The molecule has 1 fully saturated rings. The third kappa shape index (κ3) is 6.00. The van der Waals surface area contributed by atoms with Crippen molar-refractivity contribution in [3.63, 3.8) is 0 Å². The second-order valence-electron chi connectivity index (χ2n) is 8.75. The number of esters is 1. The third-order valence-electron chi connectivity index (χ3n) is 6.29. The van der Waals surface area contributed by atoms with Gasteiger partial charge in [-0.3, -0.25) is 4.79 Å². The number of aliphatic hydroxyl groups excluding tert-OH is 1. The maximum Gasteiger partial charge on any atom is 0.302 e. The largest absolute Gasteiger partial charge is 0.504 e. The van der Waals surface area contributed by atoms with E-state index in [2.05, 4.69) is 19.1 Å². The Bertz CT molecular complexity index is 741. The normalized spacial score (nSPS) is 21.8. The van der Waals surface area contributed by atoms with Crippen LogP contribution < -0.4 is 4.74 Å². The van der Waals surface area contributed by atoms with Crippen LogP contribution in [0.25, 0.3) is 6.08 Å². The summed E-state index contributed by atoms with van der Waals surface area (Å²) in [4.78, 5) is 11.6. The highest BCUT2D eigenvalue weighted by atomic mass is 16.5. The van der Waals surface area contributed by atoms with Crippen LogP contribution in [-0.4, -0.2) is 34.5 Å². The molecule has 5 nitrogen and oxygen atoms in total. The van der Waals surface area contributed by atoms with Gasteiger partial charge in [0.15, 0.2) is 11.5 Å². The van der Waals surface area contributed by atoms with Gasteiger partial charge in [-0.05, 0) is 50.2 Å². The van der Waals surface area contributed by atoms with E-state index >= 15 is 0 Å². The molecule has 0 saturated heterocycles. The Morgan fingerprint density at radius 1 is 1.27 bits per heavy atom. The molecule has 1 aliphatic carbocycles. The molecule has 0 bridgehead atoms. The number of aryl methyl sites for hydroxylation is 1. The van der Waals surface area contributed by atoms with Crippen LogP contribution >= 0.6 is 0 Å². The molecule has 0 amide bonds. The molecule has 5 heteroatoms. The van der Waals surface area contributed by atoms with E-state index in [1.54, 1.807) is 6.07 Å². The van der Waals surface area contributed by atoms with Crippen LogP contribution in [0.2, 0.25) is 0 Å². The van der Waals surface area contributed by atoms with Gasteiger partial charge >= 0.3 is 5.97 Å². The van der Waals surface area contributed by atoms with Gasteiger partial charge in [-0.2, -0.15) is 0 Å². The Morgan fingerprint density at radius 3 is 2.87 bits per heavy atom. The lowest BCUT2D eigenvalue weighted by molar-refractivity contribution is -0.148. The predicted octanol–water partition coefficient (Wildman–Crippen LogP) is 5.16. The first-order chi connectivity index (χ1) is 14.5. The molecule has 0 spiro atoms. The molecule has 0 aromatic heterocycles. The fourth-order valence-electron chi connectivity index (χ4n) is 4.67. The monoisotopic (exact) mass is 416 g/mol. The van der Waals surface area contributed by atoms with Gasteiger partial charge in [-0.1, -0.05) is 44.4 Å². The summed E-state index contributed by atoms with van der Waals surface area (Å²) in [6, 6.07) is 3.61. The van der Waals surface area contributed by atoms with Crippen LogP contribution in [0.1, 0.15) is 82.8 Å². The number of unbranched alkanes of at least 4 members (excludes halogenated alkanes) is 2. The molecule has 1 aliphatic heterocycles. The zero-order valence-corrected chi connectivity index (χ0v) is 18.3. The average molecular weight is 417 g/mol. The van der Waals surface area contributed by atoms with Gasteiger partial charge in [0.2, 0.25) is 0 Å². The molecule has 1 heterocycles. The summed E-state index contributed by atoms with van der Waals surface area (Å²) < 4.78 is 11.7. The van der Waals surface area contributed by atoms with Crippen LogP contribution in [0, 0.1) is 5.92 Å². The number of hydrogen-bond acceptors (Lipinski definition) is 5. The van der Waals surface area contributed by atoms with Gasteiger partial charge in [0.25, 0.3) is 0 Å². The molecule has 2 aliphatic rings. The van der Waals surface area contributed by atoms with Gasteiger partial charge < -0.3 is 19.7 Å². The average Bonchev–Trinajstić information content (AvgIpc) is 3.06. The zero-order chi connectivity index (χ0) is 21.5. The predicted molar refractivity (Wildman–Crippen MR) is 118 cm³/mol. The quantitative estimate of drug-likeness (QED) is 0.407. The standard InChI is InChI=1S/C25H36O5/c1-3-4-5-8-20(27)16-21(29-17(2)26)13-10-18-12-15-23(28)25-22(18)14-11-19-7-6-9-24(19)30-25/h11-12,14-15,19-21,24,27-28H,3-10,13,16H2,1-2H3/t19-,20+,21-,24+/m1/s1. The number of carbonyl (C=O) groups is 1. The SMILES string of the molecule is CCCCC[C@H](O)C[C@@H](CCc1ccc(O)c2c1C=C[C@H]1CCC[C@@H]1O2)OC(C)=O. The number of fused-ring (bicyclic) bond motifs is 2. The van der Waals surface area contributed by atoms with Crippen molar-refractivity contribution >= 4 is 12.0 Å². The Labute approximate surface area is 180 Å². The first kappa shape index (κ1) is 22.7. The maximum absolute atomic E-state index is 11.6. The summed E-state index contributed by atoms with van der Waals surface area (Å²) >= 11 is 0. The van der Waals surface area contributed by atoms with Gasteiger partial charge in [-0.15, -0.1) is 0 Å². The molecule has 1 aromatic rings. The highest BCUT2D eigenvalue weighted by Gasteiger charge is 2.31. The number of rotatable bonds is 10. The number of carbonyl (C=O) groups excluding carboxylic acids is 1. The molecule has 166 valence electrons. The van der Waals surface area contributed by atoms with E-state index in [9.17, 15) is 15.0 Å².